The lowest BCUT2D eigenvalue weighted by atomic mass is 9.33. The summed E-state index contributed by atoms with van der Waals surface area (Å²) in [6.07, 6.45) is 13.3. The van der Waals surface area contributed by atoms with E-state index in [9.17, 15) is 14.4 Å². The number of hydrogen-bond donors (Lipinski definition) is 2. The minimum absolute atomic E-state index is 0.0297. The van der Waals surface area contributed by atoms with Crippen molar-refractivity contribution in [2.24, 2.45) is 56.2 Å². The highest BCUT2D eigenvalue weighted by Gasteiger charge is 2.69. The van der Waals surface area contributed by atoms with Crippen LogP contribution in [0.2, 0.25) is 0 Å². The van der Waals surface area contributed by atoms with Crippen molar-refractivity contribution < 1.29 is 14.4 Å². The van der Waals surface area contributed by atoms with Gasteiger partial charge in [-0.2, -0.15) is 0 Å². The quantitative estimate of drug-likeness (QED) is 0.174. The van der Waals surface area contributed by atoms with Crippen LogP contribution in [0.15, 0.2) is 23.8 Å². The third-order valence-corrected chi connectivity index (χ3v) is 14.8. The SMILES string of the molecule is C=C1C[C@]2(C)[C@H]3CC=C4[C@@H]5CC(C)(C)CC[C@]5(C(=O)NCCNC(=O)C(CC)CC)CC[C@@]4(C)[C@]3(C)CC[C@H]2C(C)(C)C1=O. The van der Waals surface area contributed by atoms with Crippen molar-refractivity contribution in [1.29, 1.82) is 0 Å². The largest absolute Gasteiger partial charge is 0.354 e. The zero-order valence-corrected chi connectivity index (χ0v) is 29.5. The number of allylic oxidation sites excluding steroid dienone is 3. The normalized spacial score (nSPS) is 40.6. The van der Waals surface area contributed by atoms with Crippen LogP contribution in [-0.2, 0) is 14.4 Å². The molecule has 0 aromatic rings. The summed E-state index contributed by atoms with van der Waals surface area (Å²) in [7, 11) is 0. The number of carbonyl (C=O) groups is 3. The second kappa shape index (κ2) is 11.1. The molecule has 0 aromatic carbocycles. The van der Waals surface area contributed by atoms with Gasteiger partial charge < -0.3 is 10.6 Å². The Morgan fingerprint density at radius 3 is 2.20 bits per heavy atom. The average Bonchev–Trinajstić information content (AvgIpc) is 2.94. The van der Waals surface area contributed by atoms with Crippen molar-refractivity contribution in [1.82, 2.24) is 10.6 Å². The van der Waals surface area contributed by atoms with E-state index in [1.54, 1.807) is 5.57 Å². The first kappa shape index (κ1) is 33.5. The van der Waals surface area contributed by atoms with Gasteiger partial charge in [-0.05, 0) is 116 Å². The van der Waals surface area contributed by atoms with Crippen LogP contribution >= 0.6 is 0 Å². The summed E-state index contributed by atoms with van der Waals surface area (Å²) in [5, 5.41) is 6.37. The average molecular weight is 607 g/mol. The molecule has 0 radical (unpaired) electrons. The predicted octanol–water partition coefficient (Wildman–Crippen LogP) is 8.19. The summed E-state index contributed by atoms with van der Waals surface area (Å²) >= 11 is 0. The smallest absolute Gasteiger partial charge is 0.226 e. The van der Waals surface area contributed by atoms with Crippen LogP contribution in [0.3, 0.4) is 0 Å². The van der Waals surface area contributed by atoms with Crippen LogP contribution < -0.4 is 10.6 Å². The van der Waals surface area contributed by atoms with E-state index in [1.807, 2.05) is 0 Å². The van der Waals surface area contributed by atoms with Gasteiger partial charge in [0.25, 0.3) is 0 Å². The molecule has 7 atom stereocenters. The van der Waals surface area contributed by atoms with E-state index >= 15 is 0 Å². The van der Waals surface area contributed by atoms with E-state index in [-0.39, 0.29) is 61.9 Å². The Hall–Kier alpha value is -1.91. The molecule has 5 heteroatoms. The lowest BCUT2D eigenvalue weighted by Crippen LogP contribution is -2.65. The van der Waals surface area contributed by atoms with E-state index in [2.05, 4.69) is 85.6 Å². The molecule has 4 saturated carbocycles. The van der Waals surface area contributed by atoms with Crippen LogP contribution in [0.25, 0.3) is 0 Å². The molecule has 0 saturated heterocycles. The fourth-order valence-electron chi connectivity index (χ4n) is 11.9. The topological polar surface area (TPSA) is 75.3 Å². The van der Waals surface area contributed by atoms with Gasteiger partial charge in [0.05, 0.1) is 5.41 Å². The Kier molecular flexibility index (Phi) is 8.45. The number of ketones is 1. The summed E-state index contributed by atoms with van der Waals surface area (Å²) in [4.78, 5) is 40.1. The first-order chi connectivity index (χ1) is 20.4. The van der Waals surface area contributed by atoms with Crippen LogP contribution in [0, 0.1) is 56.2 Å². The summed E-state index contributed by atoms with van der Waals surface area (Å²) < 4.78 is 0. The molecule has 0 aromatic heterocycles. The van der Waals surface area contributed by atoms with Gasteiger partial charge in [-0.25, -0.2) is 0 Å². The van der Waals surface area contributed by atoms with Gasteiger partial charge in [0.1, 0.15) is 0 Å². The maximum atomic E-state index is 14.3. The summed E-state index contributed by atoms with van der Waals surface area (Å²) in [6.45, 7) is 26.1. The Morgan fingerprint density at radius 1 is 0.909 bits per heavy atom. The highest BCUT2D eigenvalue weighted by atomic mass is 16.2. The molecular weight excluding hydrogens is 544 g/mol. The molecule has 2 amide bonds. The van der Waals surface area contributed by atoms with Crippen molar-refractivity contribution in [3.05, 3.63) is 23.8 Å². The molecule has 246 valence electrons. The molecule has 0 spiro atoms. The monoisotopic (exact) mass is 606 g/mol. The number of amides is 2. The zero-order chi connectivity index (χ0) is 32.5. The third-order valence-electron chi connectivity index (χ3n) is 14.8. The minimum Gasteiger partial charge on any atom is -0.354 e. The van der Waals surface area contributed by atoms with Crippen molar-refractivity contribution in [2.75, 3.05) is 13.1 Å². The second-order valence-corrected chi connectivity index (χ2v) is 17.8. The standard InChI is InChI=1S/C39H62N2O3/c1-11-26(12-2)32(43)40-21-22-41-33(44)39-19-17-34(4,5)24-28(39)27-13-14-30-36(8)23-25(3)31(42)35(6,7)29(36)15-16-38(30,10)37(27,9)18-20-39/h13,26,28-30H,3,11-12,14-24H2,1-2,4-10H3,(H,40,43)(H,41,44)/t28-,29-,30+,36-,37+,38+,39-/m0/s1. The van der Waals surface area contributed by atoms with Gasteiger partial charge >= 0.3 is 0 Å². The first-order valence-electron chi connectivity index (χ1n) is 17.9. The van der Waals surface area contributed by atoms with Crippen LogP contribution in [-0.4, -0.2) is 30.7 Å². The maximum absolute atomic E-state index is 14.3. The highest BCUT2D eigenvalue weighted by molar-refractivity contribution is 6.00. The number of hydrogen-bond acceptors (Lipinski definition) is 3. The van der Waals surface area contributed by atoms with Gasteiger partial charge in [-0.1, -0.05) is 80.5 Å². The Morgan fingerprint density at radius 2 is 1.55 bits per heavy atom. The van der Waals surface area contributed by atoms with Gasteiger partial charge in [-0.15, -0.1) is 0 Å². The fraction of sp³-hybridized carbons (Fsp3) is 0.821. The van der Waals surface area contributed by atoms with E-state index < -0.39 is 0 Å². The fourth-order valence-corrected chi connectivity index (χ4v) is 11.9. The second-order valence-electron chi connectivity index (χ2n) is 17.8. The van der Waals surface area contributed by atoms with E-state index in [4.69, 9.17) is 0 Å². The number of nitrogens with one attached hydrogen (secondary N) is 2. The molecule has 5 rings (SSSR count). The zero-order valence-electron chi connectivity index (χ0n) is 29.5. The van der Waals surface area contributed by atoms with Crippen LogP contribution in [0.4, 0.5) is 0 Å². The molecule has 4 fully saturated rings. The van der Waals surface area contributed by atoms with E-state index in [0.717, 1.165) is 76.2 Å². The van der Waals surface area contributed by atoms with Crippen LogP contribution in [0.1, 0.15) is 133 Å². The van der Waals surface area contributed by atoms with Crippen molar-refractivity contribution in [3.8, 4) is 0 Å². The highest BCUT2D eigenvalue weighted by Crippen LogP contribution is 2.75. The molecule has 44 heavy (non-hydrogen) atoms. The molecule has 5 aliphatic rings. The summed E-state index contributed by atoms with van der Waals surface area (Å²) in [6, 6.07) is 0. The number of carbonyl (C=O) groups excluding carboxylic acids is 3. The summed E-state index contributed by atoms with van der Waals surface area (Å²) in [5.74, 6) is 1.72. The first-order valence-corrected chi connectivity index (χ1v) is 17.9. The molecule has 5 nitrogen and oxygen atoms in total. The van der Waals surface area contributed by atoms with Gasteiger partial charge in [0, 0.05) is 24.4 Å². The summed E-state index contributed by atoms with van der Waals surface area (Å²) in [5.41, 5.74) is 2.02. The van der Waals surface area contributed by atoms with Crippen molar-refractivity contribution >= 4 is 17.6 Å². The molecular formula is C39H62N2O3. The Balaban J connectivity index is 1.43. The van der Waals surface area contributed by atoms with Crippen molar-refractivity contribution in [2.45, 2.75) is 133 Å². The van der Waals surface area contributed by atoms with Gasteiger partial charge in [0.2, 0.25) is 11.8 Å². The number of fused-ring (bicyclic) bond motifs is 7. The van der Waals surface area contributed by atoms with Crippen molar-refractivity contribution in [3.63, 3.8) is 0 Å². The molecule has 0 heterocycles. The Labute approximate surface area is 268 Å². The molecule has 2 N–H and O–H groups in total. The van der Waals surface area contributed by atoms with Gasteiger partial charge in [0.15, 0.2) is 5.78 Å². The van der Waals surface area contributed by atoms with Gasteiger partial charge in [-0.3, -0.25) is 14.4 Å². The number of rotatable bonds is 7. The van der Waals surface area contributed by atoms with E-state index in [1.165, 1.54) is 0 Å². The molecule has 0 unspecified atom stereocenters. The molecule has 0 bridgehead atoms. The molecule has 5 aliphatic carbocycles. The minimum atomic E-state index is -0.377. The predicted molar refractivity (Wildman–Crippen MR) is 179 cm³/mol. The number of Topliss-reactive ketones (excluding diaryl/α,β-unsaturated/α-hetero) is 1. The molecule has 0 aliphatic heterocycles. The maximum Gasteiger partial charge on any atom is 0.226 e. The Bertz CT molecular complexity index is 1240. The lowest BCUT2D eigenvalue weighted by molar-refractivity contribution is -0.179. The third kappa shape index (κ3) is 4.79. The van der Waals surface area contributed by atoms with Crippen LogP contribution in [0.5, 0.6) is 0 Å². The lowest BCUT2D eigenvalue weighted by Gasteiger charge is -2.70. The van der Waals surface area contributed by atoms with E-state index in [0.29, 0.717) is 24.9 Å².